The molecule has 0 heterocycles. The maximum atomic E-state index is 12.0. The Bertz CT molecular complexity index is 657. The summed E-state index contributed by atoms with van der Waals surface area (Å²) in [5.41, 5.74) is 1.98. The number of alkyl halides is 1. The van der Waals surface area contributed by atoms with Gasteiger partial charge in [-0.3, -0.25) is 4.84 Å². The van der Waals surface area contributed by atoms with Crippen molar-refractivity contribution in [1.82, 2.24) is 4.89 Å². The van der Waals surface area contributed by atoms with Crippen LogP contribution in [-0.4, -0.2) is 13.7 Å². The highest BCUT2D eigenvalue weighted by molar-refractivity contribution is 9.09. The fraction of sp³-hybridized carbons (Fsp3) is 0.200. The first-order valence-corrected chi connectivity index (χ1v) is 9.05. The smallest absolute Gasteiger partial charge is 0.262 e. The number of benzene rings is 2. The van der Waals surface area contributed by atoms with Gasteiger partial charge in [-0.15, -0.1) is 0 Å². The van der Waals surface area contributed by atoms with E-state index in [4.69, 9.17) is 4.84 Å². The van der Waals surface area contributed by atoms with E-state index in [1.165, 1.54) is 0 Å². The molecule has 0 unspecified atom stereocenters. The highest BCUT2D eigenvalue weighted by Crippen LogP contribution is 2.12. The third kappa shape index (κ3) is 4.93. The standard InChI is InChI=1S/C15H16BrNO3S/c16-11-10-13-6-8-15(9-7-13)21(18,19)17-20-12-14-4-2-1-3-5-14/h1-9,17H,10-12H2. The number of nitrogens with one attached hydrogen (secondary N) is 1. The van der Waals surface area contributed by atoms with Gasteiger partial charge in [0.05, 0.1) is 11.5 Å². The molecule has 0 saturated carbocycles. The van der Waals surface area contributed by atoms with Gasteiger partial charge in [0, 0.05) is 5.33 Å². The first-order chi connectivity index (χ1) is 10.1. The lowest BCUT2D eigenvalue weighted by Crippen LogP contribution is -2.23. The van der Waals surface area contributed by atoms with Gasteiger partial charge >= 0.3 is 0 Å². The van der Waals surface area contributed by atoms with E-state index in [0.717, 1.165) is 22.9 Å². The Morgan fingerprint density at radius 1 is 0.952 bits per heavy atom. The van der Waals surface area contributed by atoms with Gasteiger partial charge < -0.3 is 0 Å². The third-order valence-electron chi connectivity index (χ3n) is 2.87. The molecule has 0 aliphatic heterocycles. The Morgan fingerprint density at radius 3 is 2.24 bits per heavy atom. The Hall–Kier alpha value is -1.21. The average molecular weight is 370 g/mol. The van der Waals surface area contributed by atoms with E-state index >= 15 is 0 Å². The lowest BCUT2D eigenvalue weighted by molar-refractivity contribution is 0.0795. The van der Waals surface area contributed by atoms with Crippen LogP contribution < -0.4 is 4.89 Å². The van der Waals surface area contributed by atoms with Gasteiger partial charge in [0.25, 0.3) is 10.0 Å². The Labute approximate surface area is 133 Å². The van der Waals surface area contributed by atoms with Crippen LogP contribution in [0, 0.1) is 0 Å². The van der Waals surface area contributed by atoms with E-state index in [1.807, 2.05) is 30.3 Å². The van der Waals surface area contributed by atoms with Gasteiger partial charge in [-0.2, -0.15) is 0 Å². The molecule has 6 heteroatoms. The van der Waals surface area contributed by atoms with Crippen molar-refractivity contribution in [1.29, 1.82) is 0 Å². The van der Waals surface area contributed by atoms with Crippen molar-refractivity contribution in [3.63, 3.8) is 0 Å². The predicted octanol–water partition coefficient (Wildman–Crippen LogP) is 3.03. The van der Waals surface area contributed by atoms with Gasteiger partial charge in [-0.25, -0.2) is 8.42 Å². The lowest BCUT2D eigenvalue weighted by Gasteiger charge is -2.08. The molecule has 1 N–H and O–H groups in total. The van der Waals surface area contributed by atoms with Gasteiger partial charge in [0.1, 0.15) is 0 Å². The van der Waals surface area contributed by atoms with Crippen LogP contribution in [0.15, 0.2) is 59.5 Å². The zero-order chi connectivity index (χ0) is 15.1. The summed E-state index contributed by atoms with van der Waals surface area (Å²) in [6, 6.07) is 16.1. The third-order valence-corrected chi connectivity index (χ3v) is 4.49. The van der Waals surface area contributed by atoms with Gasteiger partial charge in [-0.1, -0.05) is 63.3 Å². The van der Waals surface area contributed by atoms with Crippen LogP contribution in [-0.2, 0) is 27.9 Å². The molecule has 0 aliphatic carbocycles. The highest BCUT2D eigenvalue weighted by atomic mass is 79.9. The van der Waals surface area contributed by atoms with Crippen LogP contribution in [0.5, 0.6) is 0 Å². The number of halogens is 1. The van der Waals surface area contributed by atoms with Gasteiger partial charge in [0.15, 0.2) is 0 Å². The molecule has 0 fully saturated rings. The van der Waals surface area contributed by atoms with Gasteiger partial charge in [0.2, 0.25) is 0 Å². The zero-order valence-corrected chi connectivity index (χ0v) is 13.7. The minimum Gasteiger partial charge on any atom is -0.282 e. The number of aryl methyl sites for hydroxylation is 1. The van der Waals surface area contributed by atoms with Crippen LogP contribution in [0.1, 0.15) is 11.1 Å². The molecule has 0 aromatic heterocycles. The first kappa shape index (κ1) is 16.2. The second kappa shape index (κ2) is 7.70. The summed E-state index contributed by atoms with van der Waals surface area (Å²) in [5, 5.41) is 0.845. The molecular formula is C15H16BrNO3S. The molecule has 112 valence electrons. The highest BCUT2D eigenvalue weighted by Gasteiger charge is 2.13. The summed E-state index contributed by atoms with van der Waals surface area (Å²) in [6.45, 7) is 0.182. The zero-order valence-electron chi connectivity index (χ0n) is 11.3. The molecule has 0 saturated heterocycles. The van der Waals surface area contributed by atoms with E-state index in [2.05, 4.69) is 20.8 Å². The minimum absolute atomic E-state index is 0.182. The molecule has 0 bridgehead atoms. The average Bonchev–Trinajstić information content (AvgIpc) is 2.49. The van der Waals surface area contributed by atoms with E-state index in [1.54, 1.807) is 24.3 Å². The molecule has 0 aliphatic rings. The molecule has 0 spiro atoms. The summed E-state index contributed by atoms with van der Waals surface area (Å²) < 4.78 is 24.1. The maximum Gasteiger partial charge on any atom is 0.262 e. The van der Waals surface area contributed by atoms with Crippen molar-refractivity contribution in [3.05, 3.63) is 65.7 Å². The van der Waals surface area contributed by atoms with Crippen molar-refractivity contribution in [2.24, 2.45) is 0 Å². The summed E-state index contributed by atoms with van der Waals surface area (Å²) in [5.74, 6) is 0. The Balaban J connectivity index is 1.95. The molecule has 2 aromatic rings. The normalized spacial score (nSPS) is 11.5. The monoisotopic (exact) mass is 369 g/mol. The number of rotatable bonds is 7. The first-order valence-electron chi connectivity index (χ1n) is 6.44. The number of hydrogen-bond acceptors (Lipinski definition) is 3. The molecule has 2 aromatic carbocycles. The molecule has 0 amide bonds. The molecule has 2 rings (SSSR count). The van der Waals surface area contributed by atoms with Crippen LogP contribution in [0.4, 0.5) is 0 Å². The van der Waals surface area contributed by atoms with Crippen molar-refractivity contribution in [3.8, 4) is 0 Å². The number of hydrogen-bond donors (Lipinski definition) is 1. The molecular weight excluding hydrogens is 354 g/mol. The van der Waals surface area contributed by atoms with E-state index < -0.39 is 10.0 Å². The Kier molecular flexibility index (Phi) is 5.93. The number of sulfonamides is 1. The second-order valence-electron chi connectivity index (χ2n) is 4.44. The molecule has 0 atom stereocenters. The van der Waals surface area contributed by atoms with E-state index in [0.29, 0.717) is 0 Å². The SMILES string of the molecule is O=S(=O)(NOCc1ccccc1)c1ccc(CCBr)cc1. The van der Waals surface area contributed by atoms with Crippen molar-refractivity contribution in [2.45, 2.75) is 17.9 Å². The topological polar surface area (TPSA) is 55.4 Å². The maximum absolute atomic E-state index is 12.0. The van der Waals surface area contributed by atoms with Gasteiger partial charge in [-0.05, 0) is 29.7 Å². The van der Waals surface area contributed by atoms with Crippen molar-refractivity contribution in [2.75, 3.05) is 5.33 Å². The van der Waals surface area contributed by atoms with Crippen LogP contribution in [0.3, 0.4) is 0 Å². The van der Waals surface area contributed by atoms with Crippen LogP contribution >= 0.6 is 15.9 Å². The summed E-state index contributed by atoms with van der Waals surface area (Å²) in [6.07, 6.45) is 0.859. The second-order valence-corrected chi connectivity index (χ2v) is 6.88. The fourth-order valence-electron chi connectivity index (χ4n) is 1.76. The largest absolute Gasteiger partial charge is 0.282 e. The van der Waals surface area contributed by atoms with Crippen molar-refractivity contribution >= 4 is 26.0 Å². The van der Waals surface area contributed by atoms with E-state index in [-0.39, 0.29) is 11.5 Å². The summed E-state index contributed by atoms with van der Waals surface area (Å²) in [7, 11) is -3.65. The quantitative estimate of drug-likeness (QED) is 0.602. The van der Waals surface area contributed by atoms with Crippen LogP contribution in [0.2, 0.25) is 0 Å². The molecule has 4 nitrogen and oxygen atoms in total. The minimum atomic E-state index is -3.65. The van der Waals surface area contributed by atoms with Crippen LogP contribution in [0.25, 0.3) is 0 Å². The predicted molar refractivity (Wildman–Crippen MR) is 85.5 cm³/mol. The van der Waals surface area contributed by atoms with Crippen molar-refractivity contribution < 1.29 is 13.3 Å². The molecule has 0 radical (unpaired) electrons. The molecule has 21 heavy (non-hydrogen) atoms. The lowest BCUT2D eigenvalue weighted by atomic mass is 10.2. The summed E-state index contributed by atoms with van der Waals surface area (Å²) in [4.78, 5) is 7.40. The van der Waals surface area contributed by atoms with E-state index in [9.17, 15) is 8.42 Å². The fourth-order valence-corrected chi connectivity index (χ4v) is 3.02. The Morgan fingerprint density at radius 2 is 1.62 bits per heavy atom. The summed E-state index contributed by atoms with van der Waals surface area (Å²) >= 11 is 3.35.